The minimum absolute atomic E-state index is 0.923. The normalized spacial score (nSPS) is 13.2. The number of fused-ring (bicyclic) bond motifs is 5. The lowest BCUT2D eigenvalue weighted by Gasteiger charge is -2.19. The number of benzene rings is 1. The van der Waals surface area contributed by atoms with Crippen molar-refractivity contribution in [2.75, 3.05) is 7.11 Å². The fraction of sp³-hybridized carbons (Fsp3) is 0.389. The van der Waals surface area contributed by atoms with Crippen LogP contribution in [-0.4, -0.2) is 21.2 Å². The second-order valence-electron chi connectivity index (χ2n) is 5.98. The van der Waals surface area contributed by atoms with Crippen LogP contribution in [0.1, 0.15) is 24.7 Å². The topological polar surface area (TPSA) is 32.0 Å². The van der Waals surface area contributed by atoms with Gasteiger partial charge in [0.15, 0.2) is 0 Å². The lowest BCUT2D eigenvalue weighted by Crippen LogP contribution is -2.14. The van der Waals surface area contributed by atoms with Gasteiger partial charge < -0.3 is 13.9 Å². The number of nitrogens with zero attached hydrogens (tertiary/aromatic N) is 3. The number of ether oxygens (including phenoxy) is 1. The molecule has 0 saturated heterocycles. The van der Waals surface area contributed by atoms with Crippen LogP contribution in [0.2, 0.25) is 0 Å². The highest BCUT2D eigenvalue weighted by Crippen LogP contribution is 2.38. The van der Waals surface area contributed by atoms with Crippen molar-refractivity contribution in [2.45, 2.75) is 32.7 Å². The molecule has 4 rings (SSSR count). The Kier molecular flexibility index (Phi) is 2.99. The molecule has 0 atom stereocenters. The molecule has 4 heteroatoms. The number of methoxy groups -OCH3 is 1. The first-order valence-corrected chi connectivity index (χ1v) is 7.94. The van der Waals surface area contributed by atoms with Crippen LogP contribution in [0.3, 0.4) is 0 Å². The van der Waals surface area contributed by atoms with Gasteiger partial charge in [-0.1, -0.05) is 6.92 Å². The minimum atomic E-state index is 0.923. The van der Waals surface area contributed by atoms with Crippen molar-refractivity contribution in [2.24, 2.45) is 7.05 Å². The Morgan fingerprint density at radius 1 is 1.32 bits per heavy atom. The van der Waals surface area contributed by atoms with Crippen molar-refractivity contribution < 1.29 is 4.74 Å². The number of hydrogen-bond donors (Lipinski definition) is 0. The van der Waals surface area contributed by atoms with Crippen molar-refractivity contribution in [1.82, 2.24) is 14.1 Å². The van der Waals surface area contributed by atoms with E-state index in [2.05, 4.69) is 40.2 Å². The molecule has 0 N–H and O–H groups in total. The zero-order valence-electron chi connectivity index (χ0n) is 13.4. The standard InChI is InChI=1S/C18H21N3O/c1-4-5-17-19-11-16-18-13(8-9-21(16)17)14-10-12(22-3)6-7-15(14)20(18)2/h6-7,10-11H,4-5,8-9H2,1-3H3. The van der Waals surface area contributed by atoms with Gasteiger partial charge in [-0.3, -0.25) is 0 Å². The summed E-state index contributed by atoms with van der Waals surface area (Å²) >= 11 is 0. The molecule has 0 fully saturated rings. The van der Waals surface area contributed by atoms with Gasteiger partial charge in [-0.05, 0) is 36.6 Å². The van der Waals surface area contributed by atoms with Crippen LogP contribution in [0, 0.1) is 0 Å². The summed E-state index contributed by atoms with van der Waals surface area (Å²) in [5, 5.41) is 1.31. The van der Waals surface area contributed by atoms with E-state index < -0.39 is 0 Å². The van der Waals surface area contributed by atoms with Crippen LogP contribution in [0.15, 0.2) is 24.4 Å². The van der Waals surface area contributed by atoms with E-state index in [0.717, 1.165) is 31.6 Å². The molecule has 0 radical (unpaired) electrons. The fourth-order valence-corrected chi connectivity index (χ4v) is 3.71. The first kappa shape index (κ1) is 13.4. The Bertz CT molecular complexity index is 857. The van der Waals surface area contributed by atoms with Gasteiger partial charge in [-0.15, -0.1) is 0 Å². The Morgan fingerprint density at radius 3 is 2.95 bits per heavy atom. The first-order chi connectivity index (χ1) is 10.7. The molecule has 1 aromatic carbocycles. The maximum absolute atomic E-state index is 5.40. The Hall–Kier alpha value is -2.23. The van der Waals surface area contributed by atoms with Gasteiger partial charge in [0.2, 0.25) is 0 Å². The van der Waals surface area contributed by atoms with Gasteiger partial charge >= 0.3 is 0 Å². The molecule has 0 bridgehead atoms. The third-order valence-corrected chi connectivity index (χ3v) is 4.75. The predicted molar refractivity (Wildman–Crippen MR) is 88.4 cm³/mol. The maximum Gasteiger partial charge on any atom is 0.119 e. The summed E-state index contributed by atoms with van der Waals surface area (Å²) in [5.41, 5.74) is 5.25. The molecule has 0 aliphatic carbocycles. The van der Waals surface area contributed by atoms with Gasteiger partial charge in [0.1, 0.15) is 11.6 Å². The van der Waals surface area contributed by atoms with Gasteiger partial charge in [-0.2, -0.15) is 0 Å². The molecule has 3 heterocycles. The highest BCUT2D eigenvalue weighted by atomic mass is 16.5. The molecule has 22 heavy (non-hydrogen) atoms. The van der Waals surface area contributed by atoms with Crippen LogP contribution in [-0.2, 0) is 26.4 Å². The summed E-state index contributed by atoms with van der Waals surface area (Å²) in [7, 11) is 3.87. The molecule has 0 saturated carbocycles. The first-order valence-electron chi connectivity index (χ1n) is 7.94. The predicted octanol–water partition coefficient (Wildman–Crippen LogP) is 3.56. The molecule has 0 amide bonds. The highest BCUT2D eigenvalue weighted by Gasteiger charge is 2.25. The van der Waals surface area contributed by atoms with Crippen molar-refractivity contribution in [3.63, 3.8) is 0 Å². The molecule has 0 unspecified atom stereocenters. The van der Waals surface area contributed by atoms with E-state index in [4.69, 9.17) is 4.74 Å². The maximum atomic E-state index is 5.40. The lowest BCUT2D eigenvalue weighted by molar-refractivity contribution is 0.415. The van der Waals surface area contributed by atoms with E-state index in [-0.39, 0.29) is 0 Å². The van der Waals surface area contributed by atoms with Crippen LogP contribution in [0.5, 0.6) is 5.75 Å². The summed E-state index contributed by atoms with van der Waals surface area (Å²) < 4.78 is 10.1. The van der Waals surface area contributed by atoms with Gasteiger partial charge in [0.05, 0.1) is 24.7 Å². The van der Waals surface area contributed by atoms with Crippen LogP contribution < -0.4 is 4.74 Å². The molecule has 1 aliphatic rings. The number of aromatic nitrogens is 3. The second kappa shape index (κ2) is 4.90. The van der Waals surface area contributed by atoms with Gasteiger partial charge in [0, 0.05) is 30.9 Å². The van der Waals surface area contributed by atoms with E-state index in [0.29, 0.717) is 0 Å². The van der Waals surface area contributed by atoms with Gasteiger partial charge in [0.25, 0.3) is 0 Å². The third-order valence-electron chi connectivity index (χ3n) is 4.75. The van der Waals surface area contributed by atoms with E-state index >= 15 is 0 Å². The van der Waals surface area contributed by atoms with Crippen LogP contribution in [0.4, 0.5) is 0 Å². The molecule has 1 aliphatic heterocycles. The van der Waals surface area contributed by atoms with E-state index in [1.54, 1.807) is 7.11 Å². The summed E-state index contributed by atoms with van der Waals surface area (Å²) in [6, 6.07) is 6.35. The molecule has 3 aromatic rings. The summed E-state index contributed by atoms with van der Waals surface area (Å²) in [6.45, 7) is 3.23. The minimum Gasteiger partial charge on any atom is -0.497 e. The zero-order chi connectivity index (χ0) is 15.3. The lowest BCUT2D eigenvalue weighted by atomic mass is 10.0. The molecular formula is C18H21N3O. The third kappa shape index (κ3) is 1.73. The smallest absolute Gasteiger partial charge is 0.119 e. The highest BCUT2D eigenvalue weighted by molar-refractivity contribution is 5.92. The van der Waals surface area contributed by atoms with Crippen LogP contribution in [0.25, 0.3) is 22.3 Å². The van der Waals surface area contributed by atoms with Crippen molar-refractivity contribution in [3.8, 4) is 17.1 Å². The van der Waals surface area contributed by atoms with Gasteiger partial charge in [-0.25, -0.2) is 4.98 Å². The SMILES string of the molecule is CCCc1ncc2n1CCc1c-2n(C)c2ccc(OC)cc12. The molecule has 2 aromatic heterocycles. The molecule has 0 spiro atoms. The average molecular weight is 295 g/mol. The Morgan fingerprint density at radius 2 is 2.18 bits per heavy atom. The summed E-state index contributed by atoms with van der Waals surface area (Å²) in [5.74, 6) is 2.14. The number of imidazole rings is 1. The monoisotopic (exact) mass is 295 g/mol. The second-order valence-corrected chi connectivity index (χ2v) is 5.98. The van der Waals surface area contributed by atoms with Crippen LogP contribution >= 0.6 is 0 Å². The summed E-state index contributed by atoms with van der Waals surface area (Å²) in [4.78, 5) is 4.66. The molecule has 4 nitrogen and oxygen atoms in total. The zero-order valence-corrected chi connectivity index (χ0v) is 13.4. The molecular weight excluding hydrogens is 274 g/mol. The van der Waals surface area contributed by atoms with Crippen molar-refractivity contribution in [1.29, 1.82) is 0 Å². The molecule has 114 valence electrons. The Balaban J connectivity index is 1.97. The van der Waals surface area contributed by atoms with E-state index in [1.165, 1.54) is 33.7 Å². The Labute approximate surface area is 130 Å². The average Bonchev–Trinajstić information content (AvgIpc) is 3.07. The fourth-order valence-electron chi connectivity index (χ4n) is 3.71. The number of hydrogen-bond acceptors (Lipinski definition) is 2. The largest absolute Gasteiger partial charge is 0.497 e. The summed E-state index contributed by atoms with van der Waals surface area (Å²) in [6.07, 6.45) is 5.28. The number of aryl methyl sites for hydroxylation is 3. The quantitative estimate of drug-likeness (QED) is 0.740. The van der Waals surface area contributed by atoms with E-state index in [9.17, 15) is 0 Å². The van der Waals surface area contributed by atoms with Crippen molar-refractivity contribution in [3.05, 3.63) is 35.8 Å². The number of rotatable bonds is 3. The van der Waals surface area contributed by atoms with E-state index in [1.807, 2.05) is 12.3 Å². The van der Waals surface area contributed by atoms with Crippen molar-refractivity contribution >= 4 is 10.9 Å².